The Morgan fingerprint density at radius 1 is 1.53 bits per heavy atom. The molecule has 3 nitrogen and oxygen atoms in total. The van der Waals surface area contributed by atoms with E-state index in [0.29, 0.717) is 6.54 Å². The SMILES string of the molecule is COc1ccc(C(C)NCCO)cc1Br. The molecule has 0 aliphatic heterocycles. The molecule has 0 aromatic heterocycles. The molecule has 0 radical (unpaired) electrons. The first-order chi connectivity index (χ1) is 7.19. The van der Waals surface area contributed by atoms with Gasteiger partial charge in [-0.2, -0.15) is 0 Å². The van der Waals surface area contributed by atoms with Gasteiger partial charge in [0.2, 0.25) is 0 Å². The number of ether oxygens (including phenoxy) is 1. The van der Waals surface area contributed by atoms with E-state index in [1.807, 2.05) is 18.2 Å². The van der Waals surface area contributed by atoms with Crippen LogP contribution in [0.25, 0.3) is 0 Å². The molecule has 0 bridgehead atoms. The molecule has 0 spiro atoms. The van der Waals surface area contributed by atoms with Gasteiger partial charge in [-0.1, -0.05) is 6.07 Å². The number of aliphatic hydroxyl groups is 1. The molecule has 84 valence electrons. The third-order valence-electron chi connectivity index (χ3n) is 2.24. The predicted molar refractivity (Wildman–Crippen MR) is 64.2 cm³/mol. The van der Waals surface area contributed by atoms with E-state index in [2.05, 4.69) is 28.2 Å². The molecule has 0 aliphatic rings. The molecular weight excluding hydrogens is 258 g/mol. The first-order valence-electron chi connectivity index (χ1n) is 4.86. The predicted octanol–water partition coefficient (Wildman–Crippen LogP) is 2.10. The molecule has 0 saturated heterocycles. The lowest BCUT2D eigenvalue weighted by Gasteiger charge is -2.14. The topological polar surface area (TPSA) is 41.5 Å². The van der Waals surface area contributed by atoms with Crippen molar-refractivity contribution in [3.63, 3.8) is 0 Å². The van der Waals surface area contributed by atoms with Gasteiger partial charge in [0.15, 0.2) is 0 Å². The normalized spacial score (nSPS) is 12.5. The van der Waals surface area contributed by atoms with Crippen molar-refractivity contribution in [2.45, 2.75) is 13.0 Å². The van der Waals surface area contributed by atoms with Crippen LogP contribution in [0.5, 0.6) is 5.75 Å². The van der Waals surface area contributed by atoms with Gasteiger partial charge in [0.1, 0.15) is 5.75 Å². The zero-order chi connectivity index (χ0) is 11.3. The number of aliphatic hydroxyl groups excluding tert-OH is 1. The molecule has 0 aliphatic carbocycles. The van der Waals surface area contributed by atoms with Gasteiger partial charge in [-0.25, -0.2) is 0 Å². The zero-order valence-electron chi connectivity index (χ0n) is 8.96. The number of hydrogen-bond donors (Lipinski definition) is 2. The fraction of sp³-hybridized carbons (Fsp3) is 0.455. The Morgan fingerprint density at radius 3 is 2.80 bits per heavy atom. The van der Waals surface area contributed by atoms with Gasteiger partial charge in [0, 0.05) is 12.6 Å². The Labute approximate surface area is 98.6 Å². The fourth-order valence-electron chi connectivity index (χ4n) is 1.35. The van der Waals surface area contributed by atoms with E-state index in [0.717, 1.165) is 15.8 Å². The van der Waals surface area contributed by atoms with Crippen LogP contribution in [0.4, 0.5) is 0 Å². The summed E-state index contributed by atoms with van der Waals surface area (Å²) in [6.07, 6.45) is 0. The van der Waals surface area contributed by atoms with Crippen molar-refractivity contribution in [1.29, 1.82) is 0 Å². The number of methoxy groups -OCH3 is 1. The number of hydrogen-bond acceptors (Lipinski definition) is 3. The first-order valence-corrected chi connectivity index (χ1v) is 5.66. The fourth-order valence-corrected chi connectivity index (χ4v) is 1.91. The van der Waals surface area contributed by atoms with Gasteiger partial charge in [0.25, 0.3) is 0 Å². The van der Waals surface area contributed by atoms with Gasteiger partial charge >= 0.3 is 0 Å². The summed E-state index contributed by atoms with van der Waals surface area (Å²) in [5.74, 6) is 0.827. The summed E-state index contributed by atoms with van der Waals surface area (Å²) in [7, 11) is 1.65. The van der Waals surface area contributed by atoms with Crippen LogP contribution in [-0.4, -0.2) is 25.4 Å². The molecule has 2 N–H and O–H groups in total. The second kappa shape index (κ2) is 6.10. The van der Waals surface area contributed by atoms with E-state index < -0.39 is 0 Å². The van der Waals surface area contributed by atoms with E-state index in [4.69, 9.17) is 9.84 Å². The average molecular weight is 274 g/mol. The lowest BCUT2D eigenvalue weighted by molar-refractivity contribution is 0.286. The molecule has 1 rings (SSSR count). The molecular formula is C11H16BrNO2. The second-order valence-corrected chi connectivity index (χ2v) is 4.15. The summed E-state index contributed by atoms with van der Waals surface area (Å²) in [4.78, 5) is 0. The highest BCUT2D eigenvalue weighted by Gasteiger charge is 2.07. The van der Waals surface area contributed by atoms with Crippen LogP contribution in [0, 0.1) is 0 Å². The summed E-state index contributed by atoms with van der Waals surface area (Å²) >= 11 is 3.44. The van der Waals surface area contributed by atoms with Crippen molar-refractivity contribution in [1.82, 2.24) is 5.32 Å². The summed E-state index contributed by atoms with van der Waals surface area (Å²) < 4.78 is 6.10. The lowest BCUT2D eigenvalue weighted by atomic mass is 10.1. The minimum Gasteiger partial charge on any atom is -0.496 e. The molecule has 0 saturated carbocycles. The summed E-state index contributed by atoms with van der Waals surface area (Å²) in [5.41, 5.74) is 1.16. The minimum absolute atomic E-state index is 0.154. The standard InChI is InChI=1S/C11H16BrNO2/c1-8(13-5-6-14)9-3-4-11(15-2)10(12)7-9/h3-4,7-8,13-14H,5-6H2,1-2H3. The third-order valence-corrected chi connectivity index (χ3v) is 2.86. The van der Waals surface area contributed by atoms with Crippen molar-refractivity contribution in [2.75, 3.05) is 20.3 Å². The molecule has 15 heavy (non-hydrogen) atoms. The highest BCUT2D eigenvalue weighted by atomic mass is 79.9. The minimum atomic E-state index is 0.154. The van der Waals surface area contributed by atoms with E-state index in [1.165, 1.54) is 0 Å². The van der Waals surface area contributed by atoms with Gasteiger partial charge in [-0.3, -0.25) is 0 Å². The Hall–Kier alpha value is -0.580. The van der Waals surface area contributed by atoms with Crippen LogP contribution in [0.2, 0.25) is 0 Å². The highest BCUT2D eigenvalue weighted by Crippen LogP contribution is 2.27. The molecule has 0 amide bonds. The summed E-state index contributed by atoms with van der Waals surface area (Å²) in [5, 5.41) is 11.9. The van der Waals surface area contributed by atoms with Crippen molar-refractivity contribution in [3.05, 3.63) is 28.2 Å². The quantitative estimate of drug-likeness (QED) is 0.864. The van der Waals surface area contributed by atoms with Crippen LogP contribution in [-0.2, 0) is 0 Å². The zero-order valence-corrected chi connectivity index (χ0v) is 10.5. The van der Waals surface area contributed by atoms with E-state index in [-0.39, 0.29) is 12.6 Å². The lowest BCUT2D eigenvalue weighted by Crippen LogP contribution is -2.22. The molecule has 1 aromatic carbocycles. The van der Waals surface area contributed by atoms with Crippen molar-refractivity contribution in [3.8, 4) is 5.75 Å². The molecule has 0 heterocycles. The maximum atomic E-state index is 8.71. The summed E-state index contributed by atoms with van der Waals surface area (Å²) in [6.45, 7) is 2.82. The number of nitrogens with one attached hydrogen (secondary N) is 1. The van der Waals surface area contributed by atoms with Gasteiger partial charge in [0.05, 0.1) is 18.2 Å². The van der Waals surface area contributed by atoms with Gasteiger partial charge < -0.3 is 15.2 Å². The second-order valence-electron chi connectivity index (χ2n) is 3.29. The number of halogens is 1. The summed E-state index contributed by atoms with van der Waals surface area (Å²) in [6, 6.07) is 6.18. The molecule has 1 atom stereocenters. The van der Waals surface area contributed by atoms with Gasteiger partial charge in [-0.15, -0.1) is 0 Å². The average Bonchev–Trinajstić information content (AvgIpc) is 2.25. The van der Waals surface area contributed by atoms with Gasteiger partial charge in [-0.05, 0) is 40.5 Å². The molecule has 1 aromatic rings. The Balaban J connectivity index is 2.73. The first kappa shape index (κ1) is 12.5. The monoisotopic (exact) mass is 273 g/mol. The maximum Gasteiger partial charge on any atom is 0.133 e. The van der Waals surface area contributed by atoms with E-state index in [1.54, 1.807) is 7.11 Å². The Morgan fingerprint density at radius 2 is 2.27 bits per heavy atom. The highest BCUT2D eigenvalue weighted by molar-refractivity contribution is 9.10. The smallest absolute Gasteiger partial charge is 0.133 e. The molecule has 0 fully saturated rings. The maximum absolute atomic E-state index is 8.71. The van der Waals surface area contributed by atoms with Crippen LogP contribution in [0.1, 0.15) is 18.5 Å². The van der Waals surface area contributed by atoms with E-state index in [9.17, 15) is 0 Å². The third kappa shape index (κ3) is 3.48. The molecule has 4 heteroatoms. The largest absolute Gasteiger partial charge is 0.496 e. The van der Waals surface area contributed by atoms with Crippen LogP contribution >= 0.6 is 15.9 Å². The van der Waals surface area contributed by atoms with Crippen molar-refractivity contribution in [2.24, 2.45) is 0 Å². The van der Waals surface area contributed by atoms with Crippen LogP contribution < -0.4 is 10.1 Å². The van der Waals surface area contributed by atoms with Crippen LogP contribution in [0.3, 0.4) is 0 Å². The Kier molecular flexibility index (Phi) is 5.08. The number of benzene rings is 1. The van der Waals surface area contributed by atoms with Crippen molar-refractivity contribution < 1.29 is 9.84 Å². The van der Waals surface area contributed by atoms with Crippen molar-refractivity contribution >= 4 is 15.9 Å². The number of rotatable bonds is 5. The van der Waals surface area contributed by atoms with E-state index >= 15 is 0 Å². The molecule has 1 unspecified atom stereocenters. The van der Waals surface area contributed by atoms with Crippen LogP contribution in [0.15, 0.2) is 22.7 Å². The Bertz CT molecular complexity index is 317.